The number of nitrogens with one attached hydrogen (secondary N) is 1. The van der Waals surface area contributed by atoms with Crippen LogP contribution in [0.2, 0.25) is 0 Å². The molecule has 0 aliphatic carbocycles. The topological polar surface area (TPSA) is 21.3 Å². The van der Waals surface area contributed by atoms with Gasteiger partial charge in [0.05, 0.1) is 6.61 Å². The summed E-state index contributed by atoms with van der Waals surface area (Å²) >= 11 is 0. The predicted molar refractivity (Wildman–Crippen MR) is 73.7 cm³/mol. The van der Waals surface area contributed by atoms with Gasteiger partial charge in [-0.05, 0) is 45.0 Å². The van der Waals surface area contributed by atoms with Crippen LogP contribution in [0.25, 0.3) is 0 Å². The average Bonchev–Trinajstić information content (AvgIpc) is 2.35. The molecule has 96 valence electrons. The summed E-state index contributed by atoms with van der Waals surface area (Å²) in [6.07, 6.45) is 4.99. The van der Waals surface area contributed by atoms with E-state index in [0.29, 0.717) is 0 Å². The quantitative estimate of drug-likeness (QED) is 0.661. The molecule has 0 amide bonds. The van der Waals surface area contributed by atoms with Crippen LogP contribution in [-0.2, 0) is 0 Å². The molecule has 1 rings (SSSR count). The summed E-state index contributed by atoms with van der Waals surface area (Å²) in [6, 6.07) is 8.26. The van der Waals surface area contributed by atoms with Gasteiger partial charge in [0.25, 0.3) is 0 Å². The fourth-order valence-electron chi connectivity index (χ4n) is 1.71. The van der Waals surface area contributed by atoms with Crippen molar-refractivity contribution in [2.45, 2.75) is 39.5 Å². The zero-order valence-corrected chi connectivity index (χ0v) is 11.2. The van der Waals surface area contributed by atoms with Crippen molar-refractivity contribution >= 4 is 0 Å². The number of hydrogen-bond acceptors (Lipinski definition) is 2. The Morgan fingerprint density at radius 2 is 1.71 bits per heavy atom. The first-order chi connectivity index (χ1) is 8.33. The molecule has 1 N–H and O–H groups in total. The normalized spacial score (nSPS) is 10.5. The van der Waals surface area contributed by atoms with Crippen molar-refractivity contribution in [3.63, 3.8) is 0 Å². The molecule has 0 atom stereocenters. The first-order valence-corrected chi connectivity index (χ1v) is 6.73. The van der Waals surface area contributed by atoms with Crippen molar-refractivity contribution in [2.75, 3.05) is 19.7 Å². The van der Waals surface area contributed by atoms with E-state index in [1.807, 2.05) is 12.1 Å². The number of ether oxygens (including phenoxy) is 1. The summed E-state index contributed by atoms with van der Waals surface area (Å²) < 4.78 is 5.67. The number of aryl methyl sites for hydroxylation is 1. The lowest BCUT2D eigenvalue weighted by Crippen LogP contribution is -2.13. The second-order valence-electron chi connectivity index (χ2n) is 4.43. The fourth-order valence-corrected chi connectivity index (χ4v) is 1.71. The Morgan fingerprint density at radius 3 is 2.41 bits per heavy atom. The minimum absolute atomic E-state index is 0.838. The molecule has 0 unspecified atom stereocenters. The van der Waals surface area contributed by atoms with Gasteiger partial charge in [-0.3, -0.25) is 0 Å². The zero-order valence-electron chi connectivity index (χ0n) is 11.2. The zero-order chi connectivity index (χ0) is 12.3. The van der Waals surface area contributed by atoms with E-state index in [-0.39, 0.29) is 0 Å². The maximum absolute atomic E-state index is 5.67. The van der Waals surface area contributed by atoms with Crippen LogP contribution in [0, 0.1) is 6.92 Å². The van der Waals surface area contributed by atoms with Gasteiger partial charge >= 0.3 is 0 Å². The molecule has 0 aromatic heterocycles. The standard InChI is InChI=1S/C15H25NO/c1-3-16-12-6-4-5-7-13-17-15-10-8-14(2)9-11-15/h8-11,16H,3-7,12-13H2,1-2H3. The Kier molecular flexibility index (Phi) is 7.48. The average molecular weight is 235 g/mol. The second kappa shape index (κ2) is 9.06. The fraction of sp³-hybridized carbons (Fsp3) is 0.600. The van der Waals surface area contributed by atoms with Crippen molar-refractivity contribution in [3.8, 4) is 5.75 Å². The third kappa shape index (κ3) is 7.01. The molecular weight excluding hydrogens is 210 g/mol. The van der Waals surface area contributed by atoms with E-state index < -0.39 is 0 Å². The Labute approximate surface area is 105 Å². The van der Waals surface area contributed by atoms with Gasteiger partial charge in [-0.15, -0.1) is 0 Å². The van der Waals surface area contributed by atoms with Gasteiger partial charge in [0.2, 0.25) is 0 Å². The van der Waals surface area contributed by atoms with Crippen molar-refractivity contribution in [3.05, 3.63) is 29.8 Å². The molecule has 0 heterocycles. The van der Waals surface area contributed by atoms with Crippen LogP contribution in [0.4, 0.5) is 0 Å². The number of benzene rings is 1. The summed E-state index contributed by atoms with van der Waals surface area (Å²) in [4.78, 5) is 0. The van der Waals surface area contributed by atoms with Crippen LogP contribution in [0.1, 0.15) is 38.2 Å². The molecule has 0 saturated carbocycles. The highest BCUT2D eigenvalue weighted by Crippen LogP contribution is 2.12. The van der Waals surface area contributed by atoms with Gasteiger partial charge in [0, 0.05) is 0 Å². The third-order valence-corrected chi connectivity index (χ3v) is 2.79. The Balaban J connectivity index is 1.95. The Hall–Kier alpha value is -1.02. The van der Waals surface area contributed by atoms with Gasteiger partial charge in [0.15, 0.2) is 0 Å². The molecule has 0 aliphatic rings. The highest BCUT2D eigenvalue weighted by Gasteiger charge is 1.94. The predicted octanol–water partition coefficient (Wildman–Crippen LogP) is 3.54. The summed E-state index contributed by atoms with van der Waals surface area (Å²) in [7, 11) is 0. The first-order valence-electron chi connectivity index (χ1n) is 6.73. The van der Waals surface area contributed by atoms with E-state index in [1.165, 1.54) is 24.8 Å². The minimum Gasteiger partial charge on any atom is -0.494 e. The van der Waals surface area contributed by atoms with Crippen molar-refractivity contribution < 1.29 is 4.74 Å². The molecule has 1 aromatic carbocycles. The summed E-state index contributed by atoms with van der Waals surface area (Å²) in [5, 5.41) is 3.34. The lowest BCUT2D eigenvalue weighted by atomic mass is 10.2. The van der Waals surface area contributed by atoms with E-state index in [2.05, 4.69) is 31.3 Å². The van der Waals surface area contributed by atoms with E-state index in [9.17, 15) is 0 Å². The minimum atomic E-state index is 0.838. The van der Waals surface area contributed by atoms with Crippen LogP contribution in [-0.4, -0.2) is 19.7 Å². The van der Waals surface area contributed by atoms with Gasteiger partial charge in [-0.25, -0.2) is 0 Å². The van der Waals surface area contributed by atoms with E-state index in [4.69, 9.17) is 4.74 Å². The van der Waals surface area contributed by atoms with Crippen LogP contribution in [0.15, 0.2) is 24.3 Å². The van der Waals surface area contributed by atoms with E-state index in [0.717, 1.165) is 31.9 Å². The second-order valence-corrected chi connectivity index (χ2v) is 4.43. The van der Waals surface area contributed by atoms with Crippen molar-refractivity contribution in [1.82, 2.24) is 5.32 Å². The van der Waals surface area contributed by atoms with Gasteiger partial charge in [-0.1, -0.05) is 37.5 Å². The highest BCUT2D eigenvalue weighted by atomic mass is 16.5. The molecule has 0 aliphatic heterocycles. The van der Waals surface area contributed by atoms with Crippen LogP contribution >= 0.6 is 0 Å². The molecule has 0 fully saturated rings. The summed E-state index contributed by atoms with van der Waals surface area (Å²) in [5.41, 5.74) is 1.28. The largest absolute Gasteiger partial charge is 0.494 e. The summed E-state index contributed by atoms with van der Waals surface area (Å²) in [5.74, 6) is 0.989. The number of hydrogen-bond donors (Lipinski definition) is 1. The first kappa shape index (κ1) is 14.0. The molecule has 0 saturated heterocycles. The summed E-state index contributed by atoms with van der Waals surface area (Å²) in [6.45, 7) is 7.31. The maximum Gasteiger partial charge on any atom is 0.119 e. The Morgan fingerprint density at radius 1 is 1.00 bits per heavy atom. The van der Waals surface area contributed by atoms with Crippen LogP contribution < -0.4 is 10.1 Å². The third-order valence-electron chi connectivity index (χ3n) is 2.79. The lowest BCUT2D eigenvalue weighted by molar-refractivity contribution is 0.304. The highest BCUT2D eigenvalue weighted by molar-refractivity contribution is 5.26. The van der Waals surface area contributed by atoms with E-state index in [1.54, 1.807) is 0 Å². The molecule has 0 spiro atoms. The van der Waals surface area contributed by atoms with Crippen LogP contribution in [0.3, 0.4) is 0 Å². The maximum atomic E-state index is 5.67. The van der Waals surface area contributed by atoms with Crippen molar-refractivity contribution in [2.24, 2.45) is 0 Å². The monoisotopic (exact) mass is 235 g/mol. The number of unbranched alkanes of at least 4 members (excludes halogenated alkanes) is 3. The Bertz CT molecular complexity index is 281. The van der Waals surface area contributed by atoms with E-state index >= 15 is 0 Å². The molecule has 17 heavy (non-hydrogen) atoms. The smallest absolute Gasteiger partial charge is 0.119 e. The molecule has 1 aromatic rings. The number of rotatable bonds is 9. The molecular formula is C15H25NO. The van der Waals surface area contributed by atoms with Gasteiger partial charge < -0.3 is 10.1 Å². The molecule has 0 radical (unpaired) electrons. The van der Waals surface area contributed by atoms with Gasteiger partial charge in [-0.2, -0.15) is 0 Å². The van der Waals surface area contributed by atoms with Gasteiger partial charge in [0.1, 0.15) is 5.75 Å². The molecule has 0 bridgehead atoms. The molecule has 2 nitrogen and oxygen atoms in total. The van der Waals surface area contributed by atoms with Crippen LogP contribution in [0.5, 0.6) is 5.75 Å². The lowest BCUT2D eigenvalue weighted by Gasteiger charge is -2.06. The molecule has 2 heteroatoms. The van der Waals surface area contributed by atoms with Crippen molar-refractivity contribution in [1.29, 1.82) is 0 Å². The SMILES string of the molecule is CCNCCCCCCOc1ccc(C)cc1.